The summed E-state index contributed by atoms with van der Waals surface area (Å²) >= 11 is 5.76. The fourth-order valence-electron chi connectivity index (χ4n) is 1.15. The summed E-state index contributed by atoms with van der Waals surface area (Å²) in [6.07, 6.45) is 3.01. The number of nitrogens with zero attached hydrogens (tertiary/aromatic N) is 1. The van der Waals surface area contributed by atoms with Crippen molar-refractivity contribution in [2.45, 2.75) is 0 Å². The topological polar surface area (TPSA) is 57.6 Å². The van der Waals surface area contributed by atoms with Crippen LogP contribution in [0.5, 0.6) is 0 Å². The molecule has 0 saturated carbocycles. The minimum absolute atomic E-state index is 0.0141. The minimum atomic E-state index is -1.11. The van der Waals surface area contributed by atoms with Crippen LogP contribution in [0.25, 0.3) is 0 Å². The highest BCUT2D eigenvalue weighted by molar-refractivity contribution is 6.34. The zero-order valence-electron chi connectivity index (χ0n) is 9.48. The summed E-state index contributed by atoms with van der Waals surface area (Å²) in [6.45, 7) is 0. The van der Waals surface area contributed by atoms with Crippen molar-refractivity contribution in [3.8, 4) is 0 Å². The Morgan fingerprint density at radius 2 is 2.00 bits per heavy atom. The monoisotopic (exact) mass is 253 g/mol. The van der Waals surface area contributed by atoms with Gasteiger partial charge in [-0.3, -0.25) is 4.79 Å². The quantitative estimate of drug-likeness (QED) is 0.661. The number of ketones is 1. The number of carboxylic acids is 1. The molecule has 0 aliphatic carbocycles. The second-order valence-electron chi connectivity index (χ2n) is 3.64. The third-order valence-corrected chi connectivity index (χ3v) is 2.32. The van der Waals surface area contributed by atoms with Crippen molar-refractivity contribution in [1.82, 2.24) is 4.90 Å². The second-order valence-corrected chi connectivity index (χ2v) is 4.05. The van der Waals surface area contributed by atoms with E-state index in [0.717, 1.165) is 0 Å². The summed E-state index contributed by atoms with van der Waals surface area (Å²) in [5.41, 5.74) is 0.345. The van der Waals surface area contributed by atoms with E-state index in [1.165, 1.54) is 24.3 Å². The van der Waals surface area contributed by atoms with Crippen LogP contribution in [-0.2, 0) is 0 Å². The van der Waals surface area contributed by atoms with Gasteiger partial charge in [0.25, 0.3) is 0 Å². The molecule has 5 heteroatoms. The molecule has 0 saturated heterocycles. The van der Waals surface area contributed by atoms with Crippen LogP contribution < -0.4 is 0 Å². The summed E-state index contributed by atoms with van der Waals surface area (Å²) in [7, 11) is 3.59. The molecule has 1 aromatic carbocycles. The van der Waals surface area contributed by atoms with E-state index in [4.69, 9.17) is 16.7 Å². The molecular weight excluding hydrogens is 242 g/mol. The SMILES string of the molecule is CN(C)C=CC(=O)c1ccc(C(=O)O)c(Cl)c1. The molecule has 0 aliphatic heterocycles. The number of halogens is 1. The average molecular weight is 254 g/mol. The van der Waals surface area contributed by atoms with E-state index >= 15 is 0 Å². The molecule has 1 aromatic rings. The van der Waals surface area contributed by atoms with Gasteiger partial charge in [0.2, 0.25) is 0 Å². The number of carbonyl (C=O) groups is 2. The van der Waals surface area contributed by atoms with Crippen molar-refractivity contribution in [3.05, 3.63) is 46.6 Å². The fraction of sp³-hybridized carbons (Fsp3) is 0.167. The molecule has 0 bridgehead atoms. The highest BCUT2D eigenvalue weighted by Gasteiger charge is 2.11. The molecule has 0 heterocycles. The Balaban J connectivity index is 2.98. The first-order chi connectivity index (χ1) is 7.91. The first kappa shape index (κ1) is 13.3. The third kappa shape index (κ3) is 3.60. The van der Waals surface area contributed by atoms with Gasteiger partial charge in [-0.05, 0) is 12.1 Å². The Labute approximate surface area is 104 Å². The number of carbonyl (C=O) groups excluding carboxylic acids is 1. The number of hydrogen-bond donors (Lipinski definition) is 1. The first-order valence-electron chi connectivity index (χ1n) is 4.83. The van der Waals surface area contributed by atoms with E-state index in [2.05, 4.69) is 0 Å². The first-order valence-corrected chi connectivity index (χ1v) is 5.21. The molecule has 0 aliphatic rings. The smallest absolute Gasteiger partial charge is 0.337 e. The molecule has 0 spiro atoms. The summed E-state index contributed by atoms with van der Waals surface area (Å²) in [6, 6.07) is 4.12. The number of hydrogen-bond acceptors (Lipinski definition) is 3. The van der Waals surface area contributed by atoms with Gasteiger partial charge in [-0.25, -0.2) is 4.79 Å². The highest BCUT2D eigenvalue weighted by atomic mass is 35.5. The van der Waals surface area contributed by atoms with E-state index in [1.807, 2.05) is 0 Å². The van der Waals surface area contributed by atoms with Gasteiger partial charge in [-0.15, -0.1) is 0 Å². The van der Waals surface area contributed by atoms with Crippen molar-refractivity contribution < 1.29 is 14.7 Å². The number of carboxylic acid groups (broad SMARTS) is 1. The molecule has 0 fully saturated rings. The van der Waals surface area contributed by atoms with Crippen molar-refractivity contribution >= 4 is 23.4 Å². The van der Waals surface area contributed by atoms with Crippen LogP contribution in [0.2, 0.25) is 5.02 Å². The third-order valence-electron chi connectivity index (χ3n) is 2.01. The second kappa shape index (κ2) is 5.50. The molecule has 4 nitrogen and oxygen atoms in total. The van der Waals surface area contributed by atoms with Gasteiger partial charge in [0.1, 0.15) is 0 Å². The Morgan fingerprint density at radius 1 is 1.35 bits per heavy atom. The largest absolute Gasteiger partial charge is 0.478 e. The normalized spacial score (nSPS) is 10.5. The lowest BCUT2D eigenvalue weighted by molar-refractivity contribution is 0.0696. The summed E-state index contributed by atoms with van der Waals surface area (Å²) in [5, 5.41) is 8.84. The van der Waals surface area contributed by atoms with Gasteiger partial charge in [0, 0.05) is 31.9 Å². The summed E-state index contributed by atoms with van der Waals surface area (Å²) < 4.78 is 0. The van der Waals surface area contributed by atoms with Gasteiger partial charge >= 0.3 is 5.97 Å². The maximum Gasteiger partial charge on any atom is 0.337 e. The standard InChI is InChI=1S/C12H12ClNO3/c1-14(2)6-5-11(15)8-3-4-9(12(16)17)10(13)7-8/h3-7H,1-2H3,(H,16,17). The molecule has 0 amide bonds. The lowest BCUT2D eigenvalue weighted by atomic mass is 10.1. The van der Waals surface area contributed by atoms with Crippen LogP contribution in [0.1, 0.15) is 20.7 Å². The number of allylic oxidation sites excluding steroid dienone is 1. The van der Waals surface area contributed by atoms with Crippen molar-refractivity contribution in [3.63, 3.8) is 0 Å². The predicted octanol–water partition coefficient (Wildman–Crippen LogP) is 2.30. The van der Waals surface area contributed by atoms with Crippen LogP contribution in [0, 0.1) is 0 Å². The lowest BCUT2D eigenvalue weighted by Crippen LogP contribution is -2.04. The van der Waals surface area contributed by atoms with E-state index in [-0.39, 0.29) is 16.4 Å². The van der Waals surface area contributed by atoms with E-state index in [0.29, 0.717) is 5.56 Å². The fourth-order valence-corrected chi connectivity index (χ4v) is 1.42. The molecule has 1 N–H and O–H groups in total. The number of rotatable bonds is 4. The molecule has 90 valence electrons. The maximum absolute atomic E-state index is 11.7. The molecule has 0 atom stereocenters. The lowest BCUT2D eigenvalue weighted by Gasteiger charge is -2.04. The molecule has 0 unspecified atom stereocenters. The van der Waals surface area contributed by atoms with Gasteiger partial charge < -0.3 is 10.0 Å². The van der Waals surface area contributed by atoms with E-state index in [1.54, 1.807) is 25.2 Å². The molecule has 1 rings (SSSR count). The number of benzene rings is 1. The van der Waals surface area contributed by atoms with Crippen LogP contribution in [-0.4, -0.2) is 35.9 Å². The summed E-state index contributed by atoms with van der Waals surface area (Å²) in [4.78, 5) is 24.1. The Morgan fingerprint density at radius 3 is 2.47 bits per heavy atom. The maximum atomic E-state index is 11.7. The Bertz CT molecular complexity index is 481. The molecular formula is C12H12ClNO3. The van der Waals surface area contributed by atoms with E-state index < -0.39 is 5.97 Å². The Kier molecular flexibility index (Phi) is 4.29. The predicted molar refractivity (Wildman–Crippen MR) is 65.6 cm³/mol. The highest BCUT2D eigenvalue weighted by Crippen LogP contribution is 2.18. The van der Waals surface area contributed by atoms with Gasteiger partial charge in [0.05, 0.1) is 10.6 Å². The Hall–Kier alpha value is -1.81. The molecule has 17 heavy (non-hydrogen) atoms. The van der Waals surface area contributed by atoms with Crippen molar-refractivity contribution in [2.75, 3.05) is 14.1 Å². The zero-order chi connectivity index (χ0) is 13.0. The van der Waals surface area contributed by atoms with Crippen LogP contribution in [0.15, 0.2) is 30.5 Å². The van der Waals surface area contributed by atoms with Crippen molar-refractivity contribution in [2.24, 2.45) is 0 Å². The van der Waals surface area contributed by atoms with E-state index in [9.17, 15) is 9.59 Å². The summed E-state index contributed by atoms with van der Waals surface area (Å²) in [5.74, 6) is -1.34. The van der Waals surface area contributed by atoms with Crippen LogP contribution >= 0.6 is 11.6 Å². The van der Waals surface area contributed by atoms with Gasteiger partial charge in [-0.2, -0.15) is 0 Å². The zero-order valence-corrected chi connectivity index (χ0v) is 10.2. The van der Waals surface area contributed by atoms with Crippen LogP contribution in [0.3, 0.4) is 0 Å². The molecule has 0 radical (unpaired) electrons. The van der Waals surface area contributed by atoms with Gasteiger partial charge in [-0.1, -0.05) is 17.7 Å². The minimum Gasteiger partial charge on any atom is -0.478 e. The van der Waals surface area contributed by atoms with Gasteiger partial charge in [0.15, 0.2) is 5.78 Å². The molecule has 0 aromatic heterocycles. The average Bonchev–Trinajstić information content (AvgIpc) is 2.25. The number of aromatic carboxylic acids is 1. The van der Waals surface area contributed by atoms with Crippen LogP contribution in [0.4, 0.5) is 0 Å². The van der Waals surface area contributed by atoms with Crippen molar-refractivity contribution in [1.29, 1.82) is 0 Å².